The third-order valence-electron chi connectivity index (χ3n) is 3.80. The van der Waals surface area contributed by atoms with Crippen LogP contribution in [-0.2, 0) is 10.0 Å². The first kappa shape index (κ1) is 15.9. The summed E-state index contributed by atoms with van der Waals surface area (Å²) in [7, 11) is -4.20. The lowest BCUT2D eigenvalue weighted by Crippen LogP contribution is -2.29. The molecule has 0 aromatic heterocycles. The Labute approximate surface area is 123 Å². The van der Waals surface area contributed by atoms with E-state index in [1.165, 1.54) is 25.8 Å². The average molecular weight is 314 g/mol. The van der Waals surface area contributed by atoms with Crippen LogP contribution in [0.25, 0.3) is 0 Å². The van der Waals surface area contributed by atoms with Crippen molar-refractivity contribution < 1.29 is 17.6 Å². The van der Waals surface area contributed by atoms with Crippen LogP contribution in [0.15, 0.2) is 17.0 Å². The molecule has 2 rings (SSSR count). The SMILES string of the molecule is Cc1cc(C(=O)NCC(C)C2CC2)cc(S(N)(=O)=O)c1F. The normalized spacial score (nSPS) is 16.6. The fourth-order valence-electron chi connectivity index (χ4n) is 2.26. The molecular formula is C14H19FN2O3S. The standard InChI is InChI=1S/C14H19FN2O3S/c1-8-5-11(6-12(13(8)15)21(16,19)20)14(18)17-7-9(2)10-3-4-10/h5-6,9-10H,3-4,7H2,1-2H3,(H,17,18)(H2,16,19,20). The van der Waals surface area contributed by atoms with Crippen molar-refractivity contribution in [1.82, 2.24) is 5.32 Å². The zero-order chi connectivity index (χ0) is 15.8. The summed E-state index contributed by atoms with van der Waals surface area (Å²) in [6, 6.07) is 2.30. The molecule has 1 atom stereocenters. The summed E-state index contributed by atoms with van der Waals surface area (Å²) in [5, 5.41) is 7.71. The van der Waals surface area contributed by atoms with Crippen molar-refractivity contribution in [1.29, 1.82) is 0 Å². The van der Waals surface area contributed by atoms with Gasteiger partial charge in [0.15, 0.2) is 0 Å². The van der Waals surface area contributed by atoms with Gasteiger partial charge in [0.2, 0.25) is 10.0 Å². The Morgan fingerprint density at radius 2 is 2.10 bits per heavy atom. The van der Waals surface area contributed by atoms with Crippen LogP contribution in [0.1, 0.15) is 35.7 Å². The molecule has 0 aliphatic heterocycles. The molecule has 1 aromatic rings. The predicted octanol–water partition coefficient (Wildman–Crippen LogP) is 1.56. The lowest BCUT2D eigenvalue weighted by molar-refractivity contribution is 0.0946. The number of nitrogens with one attached hydrogen (secondary N) is 1. The van der Waals surface area contributed by atoms with Gasteiger partial charge in [-0.15, -0.1) is 0 Å². The topological polar surface area (TPSA) is 89.3 Å². The first-order valence-electron chi connectivity index (χ1n) is 6.81. The van der Waals surface area contributed by atoms with E-state index in [0.717, 1.165) is 6.07 Å². The highest BCUT2D eigenvalue weighted by atomic mass is 32.2. The van der Waals surface area contributed by atoms with Crippen molar-refractivity contribution in [2.24, 2.45) is 17.0 Å². The molecule has 21 heavy (non-hydrogen) atoms. The minimum Gasteiger partial charge on any atom is -0.352 e. The summed E-state index contributed by atoms with van der Waals surface area (Å²) in [5.74, 6) is -0.302. The van der Waals surface area contributed by atoms with Crippen molar-refractivity contribution in [3.05, 3.63) is 29.1 Å². The maximum absolute atomic E-state index is 13.8. The van der Waals surface area contributed by atoms with Crippen molar-refractivity contribution in [2.45, 2.75) is 31.6 Å². The van der Waals surface area contributed by atoms with Crippen LogP contribution in [0.5, 0.6) is 0 Å². The van der Waals surface area contributed by atoms with Crippen LogP contribution >= 0.6 is 0 Å². The number of hydrogen-bond acceptors (Lipinski definition) is 3. The number of rotatable bonds is 5. The number of hydrogen-bond donors (Lipinski definition) is 2. The molecule has 0 bridgehead atoms. The summed E-state index contributed by atoms with van der Waals surface area (Å²) < 4.78 is 36.5. The van der Waals surface area contributed by atoms with Gasteiger partial charge in [0.05, 0.1) is 0 Å². The molecule has 1 amide bonds. The molecule has 1 unspecified atom stereocenters. The third-order valence-corrected chi connectivity index (χ3v) is 4.71. The second-order valence-electron chi connectivity index (χ2n) is 5.68. The summed E-state index contributed by atoms with van der Waals surface area (Å²) in [6.07, 6.45) is 2.37. The molecule has 1 fully saturated rings. The Balaban J connectivity index is 2.19. The van der Waals surface area contributed by atoms with Crippen LogP contribution in [0.4, 0.5) is 4.39 Å². The molecule has 3 N–H and O–H groups in total. The van der Waals surface area contributed by atoms with Crippen molar-refractivity contribution in [3.8, 4) is 0 Å². The highest BCUT2D eigenvalue weighted by Crippen LogP contribution is 2.36. The number of carbonyl (C=O) groups is 1. The summed E-state index contributed by atoms with van der Waals surface area (Å²) in [5.41, 5.74) is 0.169. The Morgan fingerprint density at radius 1 is 1.48 bits per heavy atom. The number of aryl methyl sites for hydroxylation is 1. The number of amides is 1. The lowest BCUT2D eigenvalue weighted by Gasteiger charge is -2.12. The molecule has 0 saturated heterocycles. The Kier molecular flexibility index (Phi) is 4.34. The van der Waals surface area contributed by atoms with Crippen LogP contribution in [0.3, 0.4) is 0 Å². The minimum atomic E-state index is -4.20. The van der Waals surface area contributed by atoms with Gasteiger partial charge < -0.3 is 5.32 Å². The van der Waals surface area contributed by atoms with Gasteiger partial charge in [-0.25, -0.2) is 17.9 Å². The van der Waals surface area contributed by atoms with E-state index in [1.807, 2.05) is 0 Å². The van der Waals surface area contributed by atoms with Gasteiger partial charge in [-0.2, -0.15) is 0 Å². The molecule has 1 saturated carbocycles. The van der Waals surface area contributed by atoms with Gasteiger partial charge in [-0.05, 0) is 49.3 Å². The first-order chi connectivity index (χ1) is 9.70. The number of nitrogens with two attached hydrogens (primary N) is 1. The molecule has 0 spiro atoms. The first-order valence-corrected chi connectivity index (χ1v) is 8.36. The zero-order valence-electron chi connectivity index (χ0n) is 12.0. The van der Waals surface area contributed by atoms with Gasteiger partial charge in [-0.1, -0.05) is 6.92 Å². The number of sulfonamides is 1. The quantitative estimate of drug-likeness (QED) is 0.864. The van der Waals surface area contributed by atoms with E-state index in [-0.39, 0.29) is 11.1 Å². The van der Waals surface area contributed by atoms with Gasteiger partial charge in [0.25, 0.3) is 5.91 Å². The Morgan fingerprint density at radius 3 is 2.62 bits per heavy atom. The monoisotopic (exact) mass is 314 g/mol. The summed E-state index contributed by atoms with van der Waals surface area (Å²) in [6.45, 7) is 3.97. The molecule has 1 aliphatic rings. The molecule has 116 valence electrons. The molecule has 1 aliphatic carbocycles. The van der Waals surface area contributed by atoms with E-state index >= 15 is 0 Å². The van der Waals surface area contributed by atoms with E-state index < -0.39 is 26.6 Å². The summed E-state index contributed by atoms with van der Waals surface area (Å²) in [4.78, 5) is 11.4. The van der Waals surface area contributed by atoms with Crippen molar-refractivity contribution >= 4 is 15.9 Å². The molecule has 0 heterocycles. The summed E-state index contributed by atoms with van der Waals surface area (Å²) >= 11 is 0. The van der Waals surface area contributed by atoms with Gasteiger partial charge >= 0.3 is 0 Å². The smallest absolute Gasteiger partial charge is 0.251 e. The Hall–Kier alpha value is -1.47. The van der Waals surface area contributed by atoms with Crippen molar-refractivity contribution in [3.63, 3.8) is 0 Å². The third kappa shape index (κ3) is 3.79. The zero-order valence-corrected chi connectivity index (χ0v) is 12.8. The van der Waals surface area contributed by atoms with E-state index in [4.69, 9.17) is 5.14 Å². The number of primary sulfonamides is 1. The van der Waals surface area contributed by atoms with Crippen LogP contribution < -0.4 is 10.5 Å². The Bertz CT molecular complexity index is 669. The molecule has 5 nitrogen and oxygen atoms in total. The van der Waals surface area contributed by atoms with E-state index in [2.05, 4.69) is 12.2 Å². The fraction of sp³-hybridized carbons (Fsp3) is 0.500. The lowest BCUT2D eigenvalue weighted by atomic mass is 10.1. The van der Waals surface area contributed by atoms with Crippen LogP contribution in [0.2, 0.25) is 0 Å². The number of benzene rings is 1. The fourth-order valence-corrected chi connectivity index (χ4v) is 2.97. The second-order valence-corrected chi connectivity index (χ2v) is 7.20. The largest absolute Gasteiger partial charge is 0.352 e. The van der Waals surface area contributed by atoms with Crippen LogP contribution in [0, 0.1) is 24.6 Å². The predicted molar refractivity (Wildman–Crippen MR) is 76.7 cm³/mol. The van der Waals surface area contributed by atoms with Crippen molar-refractivity contribution in [2.75, 3.05) is 6.54 Å². The maximum Gasteiger partial charge on any atom is 0.251 e. The highest BCUT2D eigenvalue weighted by molar-refractivity contribution is 7.89. The number of halogens is 1. The molecule has 0 radical (unpaired) electrons. The maximum atomic E-state index is 13.8. The van der Waals surface area contributed by atoms with E-state index in [9.17, 15) is 17.6 Å². The van der Waals surface area contributed by atoms with Gasteiger partial charge in [0.1, 0.15) is 10.7 Å². The van der Waals surface area contributed by atoms with Gasteiger partial charge in [0, 0.05) is 12.1 Å². The van der Waals surface area contributed by atoms with Crippen LogP contribution in [-0.4, -0.2) is 20.9 Å². The second kappa shape index (κ2) is 5.73. The highest BCUT2D eigenvalue weighted by Gasteiger charge is 2.28. The molecular weight excluding hydrogens is 295 g/mol. The molecule has 1 aromatic carbocycles. The average Bonchev–Trinajstić information content (AvgIpc) is 3.21. The number of carbonyl (C=O) groups excluding carboxylic acids is 1. The molecule has 7 heteroatoms. The van der Waals surface area contributed by atoms with E-state index in [0.29, 0.717) is 18.4 Å². The van der Waals surface area contributed by atoms with Gasteiger partial charge in [-0.3, -0.25) is 4.79 Å². The minimum absolute atomic E-state index is 0.0712. The van der Waals surface area contributed by atoms with E-state index in [1.54, 1.807) is 0 Å².